The Hall–Kier alpha value is -3.78. The van der Waals surface area contributed by atoms with Crippen molar-refractivity contribution in [3.8, 4) is 0 Å². The lowest BCUT2D eigenvalue weighted by Gasteiger charge is -2.36. The van der Waals surface area contributed by atoms with Gasteiger partial charge in [0.1, 0.15) is 4.75 Å². The van der Waals surface area contributed by atoms with Crippen LogP contribution in [-0.4, -0.2) is 31.0 Å². The first-order valence-electron chi connectivity index (χ1n) is 14.0. The second-order valence-electron chi connectivity index (χ2n) is 10.9. The van der Waals surface area contributed by atoms with Crippen LogP contribution < -0.4 is 5.32 Å². The number of likely N-dealkylation sites (tertiary alicyclic amines) is 1. The number of carbonyl (C=O) groups is 2. The Bertz CT molecular complexity index is 1790. The highest BCUT2D eigenvalue weighted by Gasteiger charge is 2.58. The minimum Gasteiger partial charge on any atom is -0.350 e. The highest BCUT2D eigenvalue weighted by molar-refractivity contribution is 8.01. The van der Waals surface area contributed by atoms with Crippen molar-refractivity contribution in [2.45, 2.75) is 42.1 Å². The van der Waals surface area contributed by atoms with Gasteiger partial charge in [0.15, 0.2) is 0 Å². The number of thioether (sulfide) groups is 1. The number of carbonyl (C=O) groups excluding carboxylic acids is 2. The van der Waals surface area contributed by atoms with Gasteiger partial charge in [-0.1, -0.05) is 65.2 Å². The minimum absolute atomic E-state index is 0.0296. The van der Waals surface area contributed by atoms with Gasteiger partial charge in [0, 0.05) is 57.4 Å². The van der Waals surface area contributed by atoms with E-state index < -0.39 is 10.8 Å². The lowest BCUT2D eigenvalue weighted by atomic mass is 9.91. The molecule has 0 radical (unpaired) electrons. The standard InChI is InChI=1S/C34H30Cl2N4O2S/c1-22-6-13-27(14-7-22)43-34(33(42)38-19-26-5-3-4-16-37-26)18-31(41)40(20-23-8-10-24(35)11-9-23)32(34)29-21-39(2)30-17-25(36)12-15-28(29)30/h3-17,21,32H,18-20H2,1-2H3,(H,38,42)/t32-,34-/m0/s1. The summed E-state index contributed by atoms with van der Waals surface area (Å²) >= 11 is 14.0. The zero-order valence-corrected chi connectivity index (χ0v) is 26.1. The van der Waals surface area contributed by atoms with Gasteiger partial charge in [-0.2, -0.15) is 0 Å². The van der Waals surface area contributed by atoms with E-state index in [1.54, 1.807) is 6.20 Å². The molecule has 2 atom stereocenters. The molecular weight excluding hydrogens is 599 g/mol. The highest BCUT2D eigenvalue weighted by atomic mass is 35.5. The van der Waals surface area contributed by atoms with Crippen LogP contribution in [0.5, 0.6) is 0 Å². The van der Waals surface area contributed by atoms with Crippen LogP contribution >= 0.6 is 35.0 Å². The van der Waals surface area contributed by atoms with Gasteiger partial charge in [0.25, 0.3) is 0 Å². The number of rotatable bonds is 8. The first kappa shape index (κ1) is 29.3. The largest absolute Gasteiger partial charge is 0.350 e. The van der Waals surface area contributed by atoms with E-state index in [9.17, 15) is 9.59 Å². The summed E-state index contributed by atoms with van der Waals surface area (Å²) in [5.74, 6) is -0.315. The molecule has 6 rings (SSSR count). The van der Waals surface area contributed by atoms with Gasteiger partial charge in [-0.05, 0) is 61.0 Å². The number of hydrogen-bond acceptors (Lipinski definition) is 4. The molecular formula is C34H30Cl2N4O2S. The monoisotopic (exact) mass is 628 g/mol. The van der Waals surface area contributed by atoms with Crippen molar-refractivity contribution in [1.29, 1.82) is 0 Å². The third-order valence-corrected chi connectivity index (χ3v) is 9.81. The van der Waals surface area contributed by atoms with Gasteiger partial charge in [-0.15, -0.1) is 11.8 Å². The molecule has 1 saturated heterocycles. The maximum Gasteiger partial charge on any atom is 0.239 e. The molecule has 3 aromatic carbocycles. The summed E-state index contributed by atoms with van der Waals surface area (Å²) in [5.41, 5.74) is 4.60. The average molecular weight is 630 g/mol. The average Bonchev–Trinajstić information content (AvgIpc) is 3.47. The van der Waals surface area contributed by atoms with E-state index in [2.05, 4.69) is 10.3 Å². The number of pyridine rings is 1. The first-order chi connectivity index (χ1) is 20.7. The zero-order chi connectivity index (χ0) is 30.1. The lowest BCUT2D eigenvalue weighted by Crippen LogP contribution is -2.48. The maximum atomic E-state index is 14.6. The van der Waals surface area contributed by atoms with Crippen LogP contribution in [0.1, 0.15) is 34.8 Å². The molecule has 6 nitrogen and oxygen atoms in total. The Morgan fingerprint density at radius 2 is 1.77 bits per heavy atom. The normalized spacial score (nSPS) is 18.4. The summed E-state index contributed by atoms with van der Waals surface area (Å²) in [6, 6.07) is 26.3. The molecule has 1 N–H and O–H groups in total. The van der Waals surface area contributed by atoms with Gasteiger partial charge in [0.2, 0.25) is 11.8 Å². The van der Waals surface area contributed by atoms with Crippen LogP contribution in [0.25, 0.3) is 10.9 Å². The quantitative estimate of drug-likeness (QED) is 0.193. The smallest absolute Gasteiger partial charge is 0.239 e. The molecule has 3 heterocycles. The number of aryl methyl sites for hydroxylation is 2. The van der Waals surface area contributed by atoms with Crippen molar-refractivity contribution >= 4 is 57.7 Å². The summed E-state index contributed by atoms with van der Waals surface area (Å²) in [6.07, 6.45) is 3.76. The van der Waals surface area contributed by atoms with E-state index in [0.717, 1.165) is 38.2 Å². The molecule has 1 aliphatic heterocycles. The summed E-state index contributed by atoms with van der Waals surface area (Å²) in [5, 5.41) is 5.33. The number of nitrogens with zero attached hydrogens (tertiary/aromatic N) is 3. The summed E-state index contributed by atoms with van der Waals surface area (Å²) in [4.78, 5) is 35.9. The number of halogens is 2. The van der Waals surface area contributed by atoms with Crippen molar-refractivity contribution < 1.29 is 9.59 Å². The molecule has 1 aliphatic rings. The van der Waals surface area contributed by atoms with Crippen molar-refractivity contribution in [3.63, 3.8) is 0 Å². The Labute approximate surface area is 265 Å². The second-order valence-corrected chi connectivity index (χ2v) is 13.2. The molecule has 0 spiro atoms. The molecule has 43 heavy (non-hydrogen) atoms. The molecule has 9 heteroatoms. The minimum atomic E-state index is -1.18. The molecule has 0 unspecified atom stereocenters. The van der Waals surface area contributed by atoms with Crippen LogP contribution in [-0.2, 0) is 29.7 Å². The Morgan fingerprint density at radius 1 is 1.02 bits per heavy atom. The zero-order valence-electron chi connectivity index (χ0n) is 23.8. The van der Waals surface area contributed by atoms with Gasteiger partial charge in [-0.25, -0.2) is 0 Å². The van der Waals surface area contributed by atoms with E-state index in [1.807, 2.05) is 115 Å². The Kier molecular flexibility index (Phi) is 8.23. The van der Waals surface area contributed by atoms with Crippen LogP contribution in [0.2, 0.25) is 10.0 Å². The van der Waals surface area contributed by atoms with Crippen molar-refractivity contribution in [2.75, 3.05) is 0 Å². The maximum absolute atomic E-state index is 14.6. The predicted octanol–water partition coefficient (Wildman–Crippen LogP) is 7.51. The van der Waals surface area contributed by atoms with E-state index in [-0.39, 0.29) is 24.8 Å². The molecule has 0 aliphatic carbocycles. The van der Waals surface area contributed by atoms with Crippen LogP contribution in [0.4, 0.5) is 0 Å². The summed E-state index contributed by atoms with van der Waals surface area (Å²) < 4.78 is 0.828. The third kappa shape index (κ3) is 5.90. The molecule has 2 amide bonds. The van der Waals surface area contributed by atoms with Gasteiger partial charge in [-0.3, -0.25) is 14.6 Å². The van der Waals surface area contributed by atoms with Crippen molar-refractivity contribution in [3.05, 3.63) is 130 Å². The fraction of sp³-hybridized carbons (Fsp3) is 0.206. The molecule has 2 aromatic heterocycles. The summed E-state index contributed by atoms with van der Waals surface area (Å²) in [6.45, 7) is 2.61. The van der Waals surface area contributed by atoms with E-state index >= 15 is 0 Å². The third-order valence-electron chi connectivity index (χ3n) is 7.89. The fourth-order valence-electron chi connectivity index (χ4n) is 5.79. The SMILES string of the molecule is Cc1ccc(S[C@@]2(C(=O)NCc3ccccn3)CC(=O)N(Cc3ccc(Cl)cc3)[C@H]2c2cn(C)c3cc(Cl)ccc23)cc1. The highest BCUT2D eigenvalue weighted by Crippen LogP contribution is 2.54. The molecule has 218 valence electrons. The first-order valence-corrected chi connectivity index (χ1v) is 15.5. The van der Waals surface area contributed by atoms with Gasteiger partial charge in [0.05, 0.1) is 24.7 Å². The number of amides is 2. The number of fused-ring (bicyclic) bond motifs is 1. The molecule has 1 fully saturated rings. The number of hydrogen-bond donors (Lipinski definition) is 1. The van der Waals surface area contributed by atoms with Gasteiger partial charge < -0.3 is 14.8 Å². The van der Waals surface area contributed by atoms with E-state index in [0.29, 0.717) is 16.6 Å². The molecule has 0 saturated carbocycles. The van der Waals surface area contributed by atoms with E-state index in [4.69, 9.17) is 23.2 Å². The topological polar surface area (TPSA) is 67.2 Å². The molecule has 0 bridgehead atoms. The number of aromatic nitrogens is 2. The lowest BCUT2D eigenvalue weighted by molar-refractivity contribution is -0.129. The second kappa shape index (κ2) is 12.1. The van der Waals surface area contributed by atoms with Gasteiger partial charge >= 0.3 is 0 Å². The Morgan fingerprint density at radius 3 is 2.49 bits per heavy atom. The van der Waals surface area contributed by atoms with Crippen LogP contribution in [0.15, 0.2) is 102 Å². The van der Waals surface area contributed by atoms with Crippen LogP contribution in [0.3, 0.4) is 0 Å². The van der Waals surface area contributed by atoms with Crippen molar-refractivity contribution in [1.82, 2.24) is 19.8 Å². The fourth-order valence-corrected chi connectivity index (χ4v) is 7.50. The predicted molar refractivity (Wildman–Crippen MR) is 173 cm³/mol. The van der Waals surface area contributed by atoms with Crippen LogP contribution in [0, 0.1) is 6.92 Å². The van der Waals surface area contributed by atoms with E-state index in [1.165, 1.54) is 11.8 Å². The molecule has 5 aromatic rings. The summed E-state index contributed by atoms with van der Waals surface area (Å²) in [7, 11) is 1.96. The Balaban J connectivity index is 1.51. The van der Waals surface area contributed by atoms with Crippen molar-refractivity contribution in [2.24, 2.45) is 7.05 Å². The number of nitrogens with one attached hydrogen (secondary N) is 1. The number of benzene rings is 3.